The van der Waals surface area contributed by atoms with Crippen LogP contribution in [0.15, 0.2) is 84.1 Å². The Kier molecular flexibility index (Phi) is 5.38. The van der Waals surface area contributed by atoms with Gasteiger partial charge in [0.1, 0.15) is 10.9 Å². The van der Waals surface area contributed by atoms with E-state index in [1.54, 1.807) is 66.9 Å². The van der Waals surface area contributed by atoms with E-state index in [9.17, 15) is 13.2 Å². The number of rotatable bonds is 6. The van der Waals surface area contributed by atoms with E-state index in [2.05, 4.69) is 15.3 Å². The third kappa shape index (κ3) is 3.94. The summed E-state index contributed by atoms with van der Waals surface area (Å²) < 4.78 is 26.2. The van der Waals surface area contributed by atoms with Crippen molar-refractivity contribution in [3.63, 3.8) is 0 Å². The molecule has 1 amide bonds. The average molecular weight is 367 g/mol. The lowest BCUT2D eigenvalue weighted by Gasteiger charge is -2.18. The molecular formula is C19H17N3O3S. The topological polar surface area (TPSA) is 89.0 Å². The van der Waals surface area contributed by atoms with Crippen LogP contribution >= 0.6 is 0 Å². The van der Waals surface area contributed by atoms with Crippen molar-refractivity contribution in [3.8, 4) is 0 Å². The Morgan fingerprint density at radius 2 is 1.73 bits per heavy atom. The minimum absolute atomic E-state index is 0.0850. The van der Waals surface area contributed by atoms with Gasteiger partial charge in [-0.25, -0.2) is 8.42 Å². The SMILES string of the molecule is O=C(NC[C@@H](c1cccnc1)S(=O)(=O)c1ccccc1)c1ccccn1. The van der Waals surface area contributed by atoms with E-state index in [0.717, 1.165) is 0 Å². The third-order valence-corrected chi connectivity index (χ3v) is 5.97. The number of hydrogen-bond donors (Lipinski definition) is 1. The molecule has 3 rings (SSSR count). The first-order valence-corrected chi connectivity index (χ1v) is 9.52. The highest BCUT2D eigenvalue weighted by atomic mass is 32.2. The molecule has 0 aliphatic carbocycles. The lowest BCUT2D eigenvalue weighted by molar-refractivity contribution is 0.0948. The van der Waals surface area contributed by atoms with Crippen LogP contribution in [0.3, 0.4) is 0 Å². The van der Waals surface area contributed by atoms with Crippen molar-refractivity contribution < 1.29 is 13.2 Å². The minimum Gasteiger partial charge on any atom is -0.349 e. The molecule has 0 bridgehead atoms. The molecule has 3 aromatic rings. The van der Waals surface area contributed by atoms with E-state index >= 15 is 0 Å². The van der Waals surface area contributed by atoms with Gasteiger partial charge in [-0.1, -0.05) is 30.3 Å². The van der Waals surface area contributed by atoms with Gasteiger partial charge in [0.25, 0.3) is 5.91 Å². The van der Waals surface area contributed by atoms with Crippen LogP contribution in [0.25, 0.3) is 0 Å². The number of benzene rings is 1. The van der Waals surface area contributed by atoms with Gasteiger partial charge in [0.15, 0.2) is 9.84 Å². The second kappa shape index (κ2) is 7.88. The maximum atomic E-state index is 13.1. The molecule has 0 radical (unpaired) electrons. The fraction of sp³-hybridized carbons (Fsp3) is 0.105. The van der Waals surface area contributed by atoms with E-state index in [4.69, 9.17) is 0 Å². The second-order valence-electron chi connectivity index (χ2n) is 5.56. The molecule has 0 aliphatic rings. The second-order valence-corrected chi connectivity index (χ2v) is 7.69. The molecule has 2 aromatic heterocycles. The number of hydrogen-bond acceptors (Lipinski definition) is 5. The Bertz CT molecular complexity index is 963. The molecule has 0 fully saturated rings. The number of sulfone groups is 1. The number of carbonyl (C=O) groups is 1. The first-order valence-electron chi connectivity index (χ1n) is 7.97. The molecule has 1 atom stereocenters. The predicted octanol–water partition coefficient (Wildman–Crippen LogP) is 2.42. The van der Waals surface area contributed by atoms with Gasteiger partial charge in [0.05, 0.1) is 4.90 Å². The fourth-order valence-corrected chi connectivity index (χ4v) is 4.19. The Labute approximate surface area is 151 Å². The van der Waals surface area contributed by atoms with Crippen molar-refractivity contribution in [2.45, 2.75) is 10.1 Å². The zero-order valence-electron chi connectivity index (χ0n) is 13.8. The van der Waals surface area contributed by atoms with Gasteiger partial charge in [-0.3, -0.25) is 14.8 Å². The molecule has 0 unspecified atom stereocenters. The van der Waals surface area contributed by atoms with Crippen molar-refractivity contribution >= 4 is 15.7 Å². The molecule has 2 heterocycles. The number of nitrogens with one attached hydrogen (secondary N) is 1. The predicted molar refractivity (Wildman–Crippen MR) is 97.2 cm³/mol. The summed E-state index contributed by atoms with van der Waals surface area (Å²) in [5.41, 5.74) is 0.743. The van der Waals surface area contributed by atoms with Gasteiger partial charge in [-0.15, -0.1) is 0 Å². The quantitative estimate of drug-likeness (QED) is 0.723. The number of aromatic nitrogens is 2. The standard InChI is InChI=1S/C19H17N3O3S/c23-19(17-10-4-5-12-21-17)22-14-18(15-7-6-11-20-13-15)26(24,25)16-8-2-1-3-9-16/h1-13,18H,14H2,(H,22,23)/t18-/m0/s1. The zero-order valence-corrected chi connectivity index (χ0v) is 14.6. The number of amides is 1. The summed E-state index contributed by atoms with van der Waals surface area (Å²) in [5.74, 6) is -0.428. The maximum absolute atomic E-state index is 13.1. The Balaban J connectivity index is 1.89. The number of carbonyl (C=O) groups excluding carboxylic acids is 1. The summed E-state index contributed by atoms with van der Waals surface area (Å²) in [6.07, 6.45) is 4.58. The molecule has 0 saturated heterocycles. The van der Waals surface area contributed by atoms with Crippen LogP contribution in [-0.4, -0.2) is 30.8 Å². The third-order valence-electron chi connectivity index (χ3n) is 3.85. The van der Waals surface area contributed by atoms with E-state index in [-0.39, 0.29) is 17.1 Å². The van der Waals surface area contributed by atoms with Gasteiger partial charge in [-0.05, 0) is 35.9 Å². The van der Waals surface area contributed by atoms with Crippen molar-refractivity contribution in [2.24, 2.45) is 0 Å². The van der Waals surface area contributed by atoms with Crippen molar-refractivity contribution in [1.82, 2.24) is 15.3 Å². The summed E-state index contributed by atoms with van der Waals surface area (Å²) in [6.45, 7) is -0.0850. The smallest absolute Gasteiger partial charge is 0.269 e. The van der Waals surface area contributed by atoms with Crippen LogP contribution in [0.2, 0.25) is 0 Å². The average Bonchev–Trinajstić information content (AvgIpc) is 2.70. The minimum atomic E-state index is -3.71. The molecule has 0 aliphatic heterocycles. The van der Waals surface area contributed by atoms with E-state index in [0.29, 0.717) is 5.56 Å². The normalized spacial score (nSPS) is 12.3. The highest BCUT2D eigenvalue weighted by Gasteiger charge is 2.29. The highest BCUT2D eigenvalue weighted by Crippen LogP contribution is 2.27. The van der Waals surface area contributed by atoms with Crippen LogP contribution in [-0.2, 0) is 9.84 Å². The molecule has 0 saturated carbocycles. The fourth-order valence-electron chi connectivity index (χ4n) is 2.52. The lowest BCUT2D eigenvalue weighted by Crippen LogP contribution is -2.32. The summed E-state index contributed by atoms with van der Waals surface area (Å²) >= 11 is 0. The van der Waals surface area contributed by atoms with Crippen molar-refractivity contribution in [2.75, 3.05) is 6.54 Å². The molecule has 7 heteroatoms. The van der Waals surface area contributed by atoms with Crippen LogP contribution in [0, 0.1) is 0 Å². The van der Waals surface area contributed by atoms with Crippen LogP contribution in [0.1, 0.15) is 21.3 Å². The van der Waals surface area contributed by atoms with Gasteiger partial charge in [0, 0.05) is 25.1 Å². The molecule has 132 valence electrons. The summed E-state index contributed by atoms with van der Waals surface area (Å²) in [6, 6.07) is 16.5. The van der Waals surface area contributed by atoms with Crippen LogP contribution in [0.5, 0.6) is 0 Å². The number of nitrogens with zero attached hydrogens (tertiary/aromatic N) is 2. The Hall–Kier alpha value is -3.06. The summed E-state index contributed by atoms with van der Waals surface area (Å²) in [7, 11) is -3.71. The molecule has 6 nitrogen and oxygen atoms in total. The zero-order chi connectivity index (χ0) is 18.4. The first-order chi connectivity index (χ1) is 12.6. The van der Waals surface area contributed by atoms with Gasteiger partial charge in [0.2, 0.25) is 0 Å². The van der Waals surface area contributed by atoms with Crippen molar-refractivity contribution in [3.05, 3.63) is 90.5 Å². The molecule has 0 spiro atoms. The van der Waals surface area contributed by atoms with E-state index < -0.39 is 21.0 Å². The van der Waals surface area contributed by atoms with Crippen LogP contribution in [0.4, 0.5) is 0 Å². The maximum Gasteiger partial charge on any atom is 0.269 e. The molecule has 1 aromatic carbocycles. The van der Waals surface area contributed by atoms with Gasteiger partial charge in [-0.2, -0.15) is 0 Å². The monoisotopic (exact) mass is 367 g/mol. The first kappa shape index (κ1) is 17.8. The highest BCUT2D eigenvalue weighted by molar-refractivity contribution is 7.91. The number of pyridine rings is 2. The van der Waals surface area contributed by atoms with Crippen LogP contribution < -0.4 is 5.32 Å². The summed E-state index contributed by atoms with van der Waals surface area (Å²) in [4.78, 5) is 20.4. The summed E-state index contributed by atoms with van der Waals surface area (Å²) in [5, 5.41) is 1.71. The van der Waals surface area contributed by atoms with Crippen molar-refractivity contribution in [1.29, 1.82) is 0 Å². The largest absolute Gasteiger partial charge is 0.349 e. The Morgan fingerprint density at radius 1 is 0.962 bits per heavy atom. The molecular weight excluding hydrogens is 350 g/mol. The molecule has 26 heavy (non-hydrogen) atoms. The van der Waals surface area contributed by atoms with Gasteiger partial charge >= 0.3 is 0 Å². The lowest BCUT2D eigenvalue weighted by atomic mass is 10.2. The van der Waals surface area contributed by atoms with E-state index in [1.165, 1.54) is 12.4 Å². The molecule has 1 N–H and O–H groups in total. The van der Waals surface area contributed by atoms with Gasteiger partial charge < -0.3 is 5.32 Å². The Morgan fingerprint density at radius 3 is 2.38 bits per heavy atom. The van der Waals surface area contributed by atoms with E-state index in [1.807, 2.05) is 0 Å².